The third kappa shape index (κ3) is 3.16. The van der Waals surface area contributed by atoms with E-state index >= 15 is 0 Å². The molecule has 0 spiro atoms. The number of rotatable bonds is 3. The van der Waals surface area contributed by atoms with Crippen molar-refractivity contribution in [3.8, 4) is 5.75 Å². The lowest BCUT2D eigenvalue weighted by Crippen LogP contribution is -2.06. The van der Waals surface area contributed by atoms with Gasteiger partial charge in [-0.3, -0.25) is 0 Å². The first-order chi connectivity index (χ1) is 9.33. The maximum atomic E-state index is 11.8. The van der Waals surface area contributed by atoms with Gasteiger partial charge in [-0.1, -0.05) is 18.2 Å². The van der Waals surface area contributed by atoms with Crippen LogP contribution in [0.4, 0.5) is 0 Å². The molecule has 1 aromatic carbocycles. The number of thioether (sulfide) groups is 2. The fourth-order valence-corrected chi connectivity index (χ4v) is 5.25. The molecule has 0 N–H and O–H groups in total. The van der Waals surface area contributed by atoms with Gasteiger partial charge in [-0.2, -0.15) is 0 Å². The summed E-state index contributed by atoms with van der Waals surface area (Å²) in [5.41, 5.74) is 1.29. The van der Waals surface area contributed by atoms with Gasteiger partial charge in [0.2, 0.25) is 0 Å². The molecule has 0 saturated carbocycles. The number of hydrogen-bond donors (Lipinski definition) is 0. The Morgan fingerprint density at radius 1 is 1.11 bits per heavy atom. The summed E-state index contributed by atoms with van der Waals surface area (Å²) in [4.78, 5) is 12.4. The molecule has 5 heteroatoms. The number of ether oxygens (including phenoxy) is 1. The number of esters is 1. The molecule has 0 atom stereocenters. The fraction of sp³-hybridized carbons (Fsp3) is 0.214. The highest BCUT2D eigenvalue weighted by Crippen LogP contribution is 2.45. The number of benzene rings is 1. The Balaban J connectivity index is 1.67. The van der Waals surface area contributed by atoms with Gasteiger partial charge in [-0.25, -0.2) is 4.79 Å². The van der Waals surface area contributed by atoms with Gasteiger partial charge in [0.05, 0.1) is 4.58 Å². The smallest absolute Gasteiger partial charge is 0.353 e. The van der Waals surface area contributed by atoms with E-state index in [0.717, 1.165) is 0 Å². The molecule has 1 aliphatic heterocycles. The predicted molar refractivity (Wildman–Crippen MR) is 83.4 cm³/mol. The van der Waals surface area contributed by atoms with Crippen molar-refractivity contribution in [2.24, 2.45) is 0 Å². The molecule has 3 rings (SSSR count). The van der Waals surface area contributed by atoms with Gasteiger partial charge in [0, 0.05) is 11.5 Å². The normalized spacial score (nSPS) is 15.6. The minimum absolute atomic E-state index is 0.285. The summed E-state index contributed by atoms with van der Waals surface area (Å²) in [5.74, 6) is 2.75. The third-order valence-electron chi connectivity index (χ3n) is 2.71. The van der Waals surface area contributed by atoms with Crippen molar-refractivity contribution in [3.05, 3.63) is 52.2 Å². The van der Waals surface area contributed by atoms with Crippen LogP contribution in [0.2, 0.25) is 0 Å². The largest absolute Gasteiger partial charge is 0.422 e. The molecular formula is C14H12O2S3. The Morgan fingerprint density at radius 3 is 2.47 bits per heavy atom. The highest BCUT2D eigenvalue weighted by molar-refractivity contribution is 8.19. The average Bonchev–Trinajstić information content (AvgIpc) is 3.13. The molecule has 98 valence electrons. The quantitative estimate of drug-likeness (QED) is 0.618. The predicted octanol–water partition coefficient (Wildman–Crippen LogP) is 4.45. The van der Waals surface area contributed by atoms with Gasteiger partial charge in [0.15, 0.2) is 0 Å². The molecule has 2 nitrogen and oxygen atoms in total. The molecule has 1 aliphatic rings. The molecule has 0 radical (unpaired) electrons. The van der Waals surface area contributed by atoms with Crippen molar-refractivity contribution in [2.75, 3.05) is 11.5 Å². The van der Waals surface area contributed by atoms with Crippen molar-refractivity contribution < 1.29 is 9.53 Å². The van der Waals surface area contributed by atoms with E-state index < -0.39 is 0 Å². The van der Waals surface area contributed by atoms with Crippen LogP contribution in [0.5, 0.6) is 5.75 Å². The number of carbonyl (C=O) groups is 1. The molecule has 1 fully saturated rings. The van der Waals surface area contributed by atoms with E-state index in [0.29, 0.717) is 15.2 Å². The zero-order chi connectivity index (χ0) is 13.1. The van der Waals surface area contributed by atoms with Gasteiger partial charge in [-0.15, -0.1) is 34.9 Å². The monoisotopic (exact) mass is 308 g/mol. The zero-order valence-corrected chi connectivity index (χ0v) is 12.5. The molecule has 2 aromatic rings. The topological polar surface area (TPSA) is 26.3 Å². The molecule has 0 amide bonds. The van der Waals surface area contributed by atoms with E-state index in [1.54, 1.807) is 6.07 Å². The Morgan fingerprint density at radius 2 is 1.84 bits per heavy atom. The summed E-state index contributed by atoms with van der Waals surface area (Å²) in [5, 5.41) is 1.87. The molecule has 1 saturated heterocycles. The summed E-state index contributed by atoms with van der Waals surface area (Å²) in [6, 6.07) is 11.5. The van der Waals surface area contributed by atoms with Crippen molar-refractivity contribution >= 4 is 40.8 Å². The Kier molecular flexibility index (Phi) is 4.15. The van der Waals surface area contributed by atoms with Crippen molar-refractivity contribution in [1.82, 2.24) is 0 Å². The molecule has 0 aliphatic carbocycles. The Bertz CT molecular complexity index is 543. The van der Waals surface area contributed by atoms with Crippen LogP contribution in [0.3, 0.4) is 0 Å². The van der Waals surface area contributed by atoms with Crippen LogP contribution >= 0.6 is 34.9 Å². The van der Waals surface area contributed by atoms with Crippen LogP contribution in [0.15, 0.2) is 41.8 Å². The molecular weight excluding hydrogens is 296 g/mol. The standard InChI is InChI=1S/C14H12O2S3/c15-13(12-2-1-7-17-12)16-11-5-3-10(4-6-11)14-18-8-9-19-14/h1-7,14H,8-9H2. The highest BCUT2D eigenvalue weighted by atomic mass is 32.2. The summed E-state index contributed by atoms with van der Waals surface area (Å²) in [7, 11) is 0. The maximum absolute atomic E-state index is 11.8. The van der Waals surface area contributed by atoms with Gasteiger partial charge in [-0.05, 0) is 29.1 Å². The van der Waals surface area contributed by atoms with Crippen LogP contribution in [0.1, 0.15) is 19.8 Å². The fourth-order valence-electron chi connectivity index (χ4n) is 1.80. The van der Waals surface area contributed by atoms with Crippen LogP contribution in [-0.2, 0) is 0 Å². The Labute approximate surface area is 124 Å². The van der Waals surface area contributed by atoms with E-state index in [-0.39, 0.29) is 5.97 Å². The first-order valence-corrected chi connectivity index (χ1v) is 8.89. The SMILES string of the molecule is O=C(Oc1ccc(C2SCCS2)cc1)c1cccs1. The minimum atomic E-state index is -0.285. The first-order valence-electron chi connectivity index (χ1n) is 5.92. The van der Waals surface area contributed by atoms with E-state index in [9.17, 15) is 4.79 Å². The van der Waals surface area contributed by atoms with Crippen LogP contribution in [0, 0.1) is 0 Å². The van der Waals surface area contributed by atoms with Gasteiger partial charge in [0.25, 0.3) is 0 Å². The highest BCUT2D eigenvalue weighted by Gasteiger charge is 2.18. The van der Waals surface area contributed by atoms with Crippen molar-refractivity contribution in [1.29, 1.82) is 0 Å². The van der Waals surface area contributed by atoms with E-state index in [1.807, 2.05) is 59.2 Å². The lowest BCUT2D eigenvalue weighted by molar-refractivity contribution is 0.0740. The van der Waals surface area contributed by atoms with Crippen molar-refractivity contribution in [2.45, 2.75) is 4.58 Å². The number of hydrogen-bond acceptors (Lipinski definition) is 5. The Hall–Kier alpha value is -0.910. The third-order valence-corrected chi connectivity index (χ3v) is 6.66. The van der Waals surface area contributed by atoms with Gasteiger partial charge >= 0.3 is 5.97 Å². The summed E-state index contributed by atoms with van der Waals surface area (Å²) in [6.45, 7) is 0. The molecule has 2 heterocycles. The van der Waals surface area contributed by atoms with Crippen LogP contribution < -0.4 is 4.74 Å². The van der Waals surface area contributed by atoms with Crippen molar-refractivity contribution in [3.63, 3.8) is 0 Å². The minimum Gasteiger partial charge on any atom is -0.422 e. The number of thiophene rings is 1. The van der Waals surface area contributed by atoms with E-state index in [4.69, 9.17) is 4.74 Å². The zero-order valence-electron chi connectivity index (χ0n) is 10.1. The molecule has 0 unspecified atom stereocenters. The molecule has 19 heavy (non-hydrogen) atoms. The summed E-state index contributed by atoms with van der Waals surface area (Å²) < 4.78 is 5.86. The summed E-state index contributed by atoms with van der Waals surface area (Å²) >= 11 is 5.33. The van der Waals surface area contributed by atoms with E-state index in [1.165, 1.54) is 28.4 Å². The lowest BCUT2D eigenvalue weighted by Gasteiger charge is -2.09. The maximum Gasteiger partial charge on any atom is 0.353 e. The second kappa shape index (κ2) is 6.03. The molecule has 0 bridgehead atoms. The summed E-state index contributed by atoms with van der Waals surface area (Å²) in [6.07, 6.45) is 0. The van der Waals surface area contributed by atoms with Gasteiger partial charge < -0.3 is 4.74 Å². The number of carbonyl (C=O) groups excluding carboxylic acids is 1. The van der Waals surface area contributed by atoms with Crippen LogP contribution in [-0.4, -0.2) is 17.5 Å². The average molecular weight is 308 g/mol. The lowest BCUT2D eigenvalue weighted by atomic mass is 10.2. The van der Waals surface area contributed by atoms with Gasteiger partial charge in [0.1, 0.15) is 10.6 Å². The van der Waals surface area contributed by atoms with Crippen LogP contribution in [0.25, 0.3) is 0 Å². The second-order valence-electron chi connectivity index (χ2n) is 4.01. The van der Waals surface area contributed by atoms with E-state index in [2.05, 4.69) is 0 Å². The molecule has 1 aromatic heterocycles. The first kappa shape index (κ1) is 13.1. The second-order valence-corrected chi connectivity index (χ2v) is 7.68.